The molecule has 1 saturated heterocycles. The number of hydrogen-bond donors (Lipinski definition) is 1. The molecule has 1 heterocycles. The lowest BCUT2D eigenvalue weighted by atomic mass is 9.87. The molecule has 0 aromatic rings. The maximum absolute atomic E-state index is 3.71. The van der Waals surface area contributed by atoms with E-state index >= 15 is 0 Å². The minimum atomic E-state index is 0.707. The summed E-state index contributed by atoms with van der Waals surface area (Å²) in [6, 6.07) is 0.707. The Morgan fingerprint density at radius 1 is 1.11 bits per heavy atom. The van der Waals surface area contributed by atoms with Crippen LogP contribution in [0.15, 0.2) is 0 Å². The minimum absolute atomic E-state index is 0.707. The predicted molar refractivity (Wildman–Crippen MR) is 78.9 cm³/mol. The standard InChI is InChI=1S/C16H32N2/c1-14(2)16-13-18(11-6-10-17-16)12-9-15-7-4-3-5-8-15/h14-17H,3-13H2,1-2H3. The van der Waals surface area contributed by atoms with Crippen molar-refractivity contribution in [2.75, 3.05) is 26.2 Å². The van der Waals surface area contributed by atoms with Gasteiger partial charge in [-0.15, -0.1) is 0 Å². The molecule has 18 heavy (non-hydrogen) atoms. The number of nitrogens with zero attached hydrogens (tertiary/aromatic N) is 1. The Morgan fingerprint density at radius 3 is 2.61 bits per heavy atom. The molecule has 2 fully saturated rings. The Morgan fingerprint density at radius 2 is 1.89 bits per heavy atom. The van der Waals surface area contributed by atoms with Gasteiger partial charge in [0, 0.05) is 12.6 Å². The van der Waals surface area contributed by atoms with Crippen LogP contribution in [0.1, 0.15) is 58.8 Å². The molecule has 2 aliphatic rings. The van der Waals surface area contributed by atoms with Gasteiger partial charge in [0.25, 0.3) is 0 Å². The molecule has 0 aromatic heterocycles. The van der Waals surface area contributed by atoms with Crippen molar-refractivity contribution in [2.45, 2.75) is 64.8 Å². The lowest BCUT2D eigenvalue weighted by Crippen LogP contribution is -2.41. The summed E-state index contributed by atoms with van der Waals surface area (Å²) < 4.78 is 0. The van der Waals surface area contributed by atoms with E-state index in [-0.39, 0.29) is 0 Å². The van der Waals surface area contributed by atoms with Crippen molar-refractivity contribution in [2.24, 2.45) is 11.8 Å². The van der Waals surface area contributed by atoms with Crippen molar-refractivity contribution >= 4 is 0 Å². The normalized spacial score (nSPS) is 28.5. The summed E-state index contributed by atoms with van der Waals surface area (Å²) in [6.07, 6.45) is 10.2. The molecule has 2 nitrogen and oxygen atoms in total. The van der Waals surface area contributed by atoms with Crippen LogP contribution in [0.2, 0.25) is 0 Å². The van der Waals surface area contributed by atoms with Crippen molar-refractivity contribution in [1.82, 2.24) is 10.2 Å². The SMILES string of the molecule is CC(C)C1CN(CCC2CCCCC2)CCCN1. The quantitative estimate of drug-likeness (QED) is 0.826. The van der Waals surface area contributed by atoms with Crippen molar-refractivity contribution in [3.63, 3.8) is 0 Å². The highest BCUT2D eigenvalue weighted by molar-refractivity contribution is 4.79. The van der Waals surface area contributed by atoms with Crippen LogP contribution in [0, 0.1) is 11.8 Å². The van der Waals surface area contributed by atoms with Gasteiger partial charge in [0.05, 0.1) is 0 Å². The minimum Gasteiger partial charge on any atom is -0.312 e. The molecule has 2 rings (SSSR count). The third kappa shape index (κ3) is 4.55. The van der Waals surface area contributed by atoms with E-state index in [1.165, 1.54) is 71.1 Å². The van der Waals surface area contributed by atoms with Gasteiger partial charge >= 0.3 is 0 Å². The molecule has 1 N–H and O–H groups in total. The maximum atomic E-state index is 3.71. The molecule has 0 bridgehead atoms. The first kappa shape index (κ1) is 14.3. The first-order valence-electron chi connectivity index (χ1n) is 8.21. The third-order valence-electron chi connectivity index (χ3n) is 4.90. The first-order valence-corrected chi connectivity index (χ1v) is 8.21. The van der Waals surface area contributed by atoms with Crippen molar-refractivity contribution < 1.29 is 0 Å². The molecule has 2 heteroatoms. The van der Waals surface area contributed by atoms with E-state index in [0.717, 1.165) is 11.8 Å². The molecule has 0 radical (unpaired) electrons. The van der Waals surface area contributed by atoms with Crippen LogP contribution >= 0.6 is 0 Å². The highest BCUT2D eigenvalue weighted by atomic mass is 15.2. The second-order valence-electron chi connectivity index (χ2n) is 6.75. The summed E-state index contributed by atoms with van der Waals surface area (Å²) in [5, 5.41) is 3.71. The summed E-state index contributed by atoms with van der Waals surface area (Å²) in [5.41, 5.74) is 0. The van der Waals surface area contributed by atoms with Crippen LogP contribution in [0.25, 0.3) is 0 Å². The Balaban J connectivity index is 1.72. The van der Waals surface area contributed by atoms with Gasteiger partial charge in [0.2, 0.25) is 0 Å². The van der Waals surface area contributed by atoms with E-state index in [2.05, 4.69) is 24.1 Å². The largest absolute Gasteiger partial charge is 0.312 e. The fraction of sp³-hybridized carbons (Fsp3) is 1.00. The molecular weight excluding hydrogens is 220 g/mol. The fourth-order valence-corrected chi connectivity index (χ4v) is 3.51. The van der Waals surface area contributed by atoms with Gasteiger partial charge in [-0.05, 0) is 44.3 Å². The third-order valence-corrected chi connectivity index (χ3v) is 4.90. The van der Waals surface area contributed by atoms with Crippen LogP contribution in [-0.2, 0) is 0 Å². The second kappa shape index (κ2) is 7.49. The maximum Gasteiger partial charge on any atom is 0.0217 e. The van der Waals surface area contributed by atoms with Crippen molar-refractivity contribution in [1.29, 1.82) is 0 Å². The smallest absolute Gasteiger partial charge is 0.0217 e. The van der Waals surface area contributed by atoms with E-state index in [4.69, 9.17) is 0 Å². The van der Waals surface area contributed by atoms with E-state index in [1.807, 2.05) is 0 Å². The molecule has 1 aliphatic carbocycles. The van der Waals surface area contributed by atoms with Gasteiger partial charge in [-0.1, -0.05) is 46.0 Å². The second-order valence-corrected chi connectivity index (χ2v) is 6.75. The molecule has 106 valence electrons. The molecule has 0 spiro atoms. The zero-order valence-electron chi connectivity index (χ0n) is 12.5. The zero-order valence-corrected chi connectivity index (χ0v) is 12.5. The predicted octanol–water partition coefficient (Wildman–Crippen LogP) is 3.28. The fourth-order valence-electron chi connectivity index (χ4n) is 3.51. The Kier molecular flexibility index (Phi) is 5.97. The van der Waals surface area contributed by atoms with Crippen LogP contribution in [-0.4, -0.2) is 37.1 Å². The lowest BCUT2D eigenvalue weighted by molar-refractivity contribution is 0.215. The molecule has 1 saturated carbocycles. The molecular formula is C16H32N2. The van der Waals surface area contributed by atoms with Crippen LogP contribution in [0.4, 0.5) is 0 Å². The summed E-state index contributed by atoms with van der Waals surface area (Å²) in [5.74, 6) is 1.80. The van der Waals surface area contributed by atoms with E-state index in [9.17, 15) is 0 Å². The summed E-state index contributed by atoms with van der Waals surface area (Å²) in [6.45, 7) is 9.83. The molecule has 1 atom stereocenters. The van der Waals surface area contributed by atoms with Crippen molar-refractivity contribution in [3.8, 4) is 0 Å². The van der Waals surface area contributed by atoms with E-state index in [0.29, 0.717) is 6.04 Å². The average Bonchev–Trinajstić information content (AvgIpc) is 2.63. The monoisotopic (exact) mass is 252 g/mol. The van der Waals surface area contributed by atoms with E-state index < -0.39 is 0 Å². The summed E-state index contributed by atoms with van der Waals surface area (Å²) >= 11 is 0. The van der Waals surface area contributed by atoms with Crippen molar-refractivity contribution in [3.05, 3.63) is 0 Å². The highest BCUT2D eigenvalue weighted by Gasteiger charge is 2.21. The van der Waals surface area contributed by atoms with E-state index in [1.54, 1.807) is 0 Å². The van der Waals surface area contributed by atoms with Crippen LogP contribution in [0.3, 0.4) is 0 Å². The van der Waals surface area contributed by atoms with Gasteiger partial charge in [-0.25, -0.2) is 0 Å². The highest BCUT2D eigenvalue weighted by Crippen LogP contribution is 2.26. The van der Waals surface area contributed by atoms with Gasteiger partial charge in [0.1, 0.15) is 0 Å². The van der Waals surface area contributed by atoms with Gasteiger partial charge in [-0.2, -0.15) is 0 Å². The first-order chi connectivity index (χ1) is 8.75. The molecule has 0 aromatic carbocycles. The summed E-state index contributed by atoms with van der Waals surface area (Å²) in [7, 11) is 0. The van der Waals surface area contributed by atoms with Gasteiger partial charge in [0.15, 0.2) is 0 Å². The summed E-state index contributed by atoms with van der Waals surface area (Å²) in [4.78, 5) is 2.72. The number of hydrogen-bond acceptors (Lipinski definition) is 2. The Bertz CT molecular complexity index is 221. The Hall–Kier alpha value is -0.0800. The topological polar surface area (TPSA) is 15.3 Å². The number of rotatable bonds is 4. The zero-order chi connectivity index (χ0) is 12.8. The van der Waals surface area contributed by atoms with Crippen LogP contribution in [0.5, 0.6) is 0 Å². The lowest BCUT2D eigenvalue weighted by Gasteiger charge is -2.29. The molecule has 1 aliphatic heterocycles. The number of nitrogens with one attached hydrogen (secondary N) is 1. The molecule has 0 amide bonds. The Labute approximate surface area is 114 Å². The van der Waals surface area contributed by atoms with Crippen LogP contribution < -0.4 is 5.32 Å². The average molecular weight is 252 g/mol. The van der Waals surface area contributed by atoms with Gasteiger partial charge < -0.3 is 10.2 Å². The van der Waals surface area contributed by atoms with Gasteiger partial charge in [-0.3, -0.25) is 0 Å². The molecule has 1 unspecified atom stereocenters.